The molecule has 0 bridgehead atoms. The van der Waals surface area contributed by atoms with E-state index in [4.69, 9.17) is 9.73 Å². The van der Waals surface area contributed by atoms with Gasteiger partial charge in [0, 0.05) is 25.6 Å². The summed E-state index contributed by atoms with van der Waals surface area (Å²) in [4.78, 5) is 4.89. The molecule has 162 valence electrons. The van der Waals surface area contributed by atoms with Crippen LogP contribution in [-0.2, 0) is 13.6 Å². The predicted octanol–water partition coefficient (Wildman–Crippen LogP) is 3.65. The Morgan fingerprint density at radius 1 is 1.27 bits per heavy atom. The maximum absolute atomic E-state index is 5.84. The van der Waals surface area contributed by atoms with Gasteiger partial charge in [0.1, 0.15) is 18.1 Å². The minimum atomic E-state index is 0.184. The third kappa shape index (κ3) is 4.45. The summed E-state index contributed by atoms with van der Waals surface area (Å²) in [6, 6.07) is 8.46. The largest absolute Gasteiger partial charge is 0.493 e. The van der Waals surface area contributed by atoms with Crippen molar-refractivity contribution in [2.75, 3.05) is 13.2 Å². The van der Waals surface area contributed by atoms with Crippen molar-refractivity contribution in [1.29, 1.82) is 0 Å². The van der Waals surface area contributed by atoms with Gasteiger partial charge in [-0.25, -0.2) is 4.99 Å². The minimum absolute atomic E-state index is 0.184. The van der Waals surface area contributed by atoms with Crippen LogP contribution in [0.2, 0.25) is 0 Å². The standard InChI is InChI=1S/C23H34N6O/c1-4-23(12-7-8-13-23)16-25-22(24-15-21-28-27-17(2)29(21)3)26-19-11-14-30-20-10-6-5-9-18(19)20/h5-6,9-10,19H,4,7-8,11-16H2,1-3H3,(H2,24,25,26). The molecular formula is C23H34N6O. The van der Waals surface area contributed by atoms with Gasteiger partial charge in [0.25, 0.3) is 0 Å². The molecule has 0 spiro atoms. The number of nitrogens with one attached hydrogen (secondary N) is 2. The molecule has 1 aliphatic carbocycles. The van der Waals surface area contributed by atoms with Crippen molar-refractivity contribution in [3.8, 4) is 5.75 Å². The fraction of sp³-hybridized carbons (Fsp3) is 0.609. The fourth-order valence-corrected chi connectivity index (χ4v) is 4.60. The van der Waals surface area contributed by atoms with Gasteiger partial charge in [-0.2, -0.15) is 0 Å². The Morgan fingerprint density at radius 2 is 2.07 bits per heavy atom. The maximum Gasteiger partial charge on any atom is 0.192 e. The van der Waals surface area contributed by atoms with Crippen molar-refractivity contribution in [2.45, 2.75) is 65.0 Å². The average Bonchev–Trinajstić information content (AvgIpc) is 3.38. The van der Waals surface area contributed by atoms with E-state index in [1.807, 2.05) is 30.7 Å². The lowest BCUT2D eigenvalue weighted by molar-refractivity contribution is 0.259. The van der Waals surface area contributed by atoms with Crippen LogP contribution in [0.5, 0.6) is 5.75 Å². The first-order valence-corrected chi connectivity index (χ1v) is 11.2. The lowest BCUT2D eigenvalue weighted by Crippen LogP contribution is -2.45. The first-order valence-electron chi connectivity index (χ1n) is 11.2. The third-order valence-electron chi connectivity index (χ3n) is 6.88. The van der Waals surface area contributed by atoms with Crippen LogP contribution in [0.25, 0.3) is 0 Å². The number of nitrogens with zero attached hydrogens (tertiary/aromatic N) is 4. The van der Waals surface area contributed by atoms with Crippen molar-refractivity contribution in [2.24, 2.45) is 17.5 Å². The minimum Gasteiger partial charge on any atom is -0.493 e. The van der Waals surface area contributed by atoms with Crippen LogP contribution in [0.1, 0.15) is 68.7 Å². The summed E-state index contributed by atoms with van der Waals surface area (Å²) < 4.78 is 7.83. The van der Waals surface area contributed by atoms with Crippen molar-refractivity contribution in [3.63, 3.8) is 0 Å². The van der Waals surface area contributed by atoms with Gasteiger partial charge >= 0.3 is 0 Å². The Hall–Kier alpha value is -2.57. The van der Waals surface area contributed by atoms with Crippen molar-refractivity contribution < 1.29 is 4.74 Å². The van der Waals surface area contributed by atoms with Crippen LogP contribution in [0, 0.1) is 12.3 Å². The zero-order chi connectivity index (χ0) is 21.0. The average molecular weight is 411 g/mol. The number of ether oxygens (including phenoxy) is 1. The van der Waals surface area contributed by atoms with E-state index in [9.17, 15) is 0 Å². The van der Waals surface area contributed by atoms with Crippen molar-refractivity contribution in [1.82, 2.24) is 25.4 Å². The number of aryl methyl sites for hydroxylation is 1. The molecule has 2 aromatic rings. The molecule has 0 amide bonds. The van der Waals surface area contributed by atoms with Gasteiger partial charge in [-0.1, -0.05) is 38.0 Å². The van der Waals surface area contributed by atoms with Crippen LogP contribution in [0.4, 0.5) is 0 Å². The molecule has 7 nitrogen and oxygen atoms in total. The highest BCUT2D eigenvalue weighted by molar-refractivity contribution is 5.80. The van der Waals surface area contributed by atoms with E-state index < -0.39 is 0 Å². The van der Waals surface area contributed by atoms with Crippen molar-refractivity contribution >= 4 is 5.96 Å². The second-order valence-corrected chi connectivity index (χ2v) is 8.67. The van der Waals surface area contributed by atoms with Gasteiger partial charge < -0.3 is 19.9 Å². The first kappa shape index (κ1) is 20.7. The molecule has 1 fully saturated rings. The summed E-state index contributed by atoms with van der Waals surface area (Å²) in [5, 5.41) is 15.8. The van der Waals surface area contributed by atoms with Crippen LogP contribution >= 0.6 is 0 Å². The Kier molecular flexibility index (Phi) is 6.25. The number of guanidine groups is 1. The molecule has 1 unspecified atom stereocenters. The highest BCUT2D eigenvalue weighted by Crippen LogP contribution is 2.40. The van der Waals surface area contributed by atoms with Crippen LogP contribution in [-0.4, -0.2) is 33.9 Å². The van der Waals surface area contributed by atoms with E-state index in [-0.39, 0.29) is 6.04 Å². The highest BCUT2D eigenvalue weighted by atomic mass is 16.5. The molecule has 0 saturated heterocycles. The summed E-state index contributed by atoms with van der Waals surface area (Å²) >= 11 is 0. The van der Waals surface area contributed by atoms with E-state index >= 15 is 0 Å². The lowest BCUT2D eigenvalue weighted by Gasteiger charge is -2.31. The van der Waals surface area contributed by atoms with E-state index in [1.54, 1.807) is 0 Å². The Balaban J connectivity index is 1.52. The molecule has 30 heavy (non-hydrogen) atoms. The smallest absolute Gasteiger partial charge is 0.192 e. The Morgan fingerprint density at radius 3 is 2.80 bits per heavy atom. The molecule has 2 aliphatic rings. The van der Waals surface area contributed by atoms with E-state index in [1.165, 1.54) is 37.7 Å². The lowest BCUT2D eigenvalue weighted by atomic mass is 9.83. The molecule has 2 N–H and O–H groups in total. The zero-order valence-electron chi connectivity index (χ0n) is 18.4. The normalized spacial score (nSPS) is 20.5. The second kappa shape index (κ2) is 9.06. The molecule has 1 aromatic carbocycles. The molecule has 2 heterocycles. The van der Waals surface area contributed by atoms with Gasteiger partial charge in [-0.3, -0.25) is 0 Å². The summed E-state index contributed by atoms with van der Waals surface area (Å²) in [6.45, 7) is 6.44. The summed E-state index contributed by atoms with van der Waals surface area (Å²) in [6.07, 6.45) is 7.39. The molecule has 4 rings (SSSR count). The van der Waals surface area contributed by atoms with E-state index in [0.29, 0.717) is 18.6 Å². The molecule has 1 aliphatic heterocycles. The monoisotopic (exact) mass is 410 g/mol. The number of hydrogen-bond acceptors (Lipinski definition) is 4. The van der Waals surface area contributed by atoms with E-state index in [2.05, 4.69) is 39.9 Å². The number of aliphatic imine (C=N–C) groups is 1. The number of benzene rings is 1. The summed E-state index contributed by atoms with van der Waals surface area (Å²) in [7, 11) is 1.99. The van der Waals surface area contributed by atoms with Crippen molar-refractivity contribution in [3.05, 3.63) is 41.5 Å². The van der Waals surface area contributed by atoms with Crippen LogP contribution in [0.3, 0.4) is 0 Å². The molecule has 0 radical (unpaired) electrons. The third-order valence-corrected chi connectivity index (χ3v) is 6.88. The predicted molar refractivity (Wildman–Crippen MR) is 119 cm³/mol. The van der Waals surface area contributed by atoms with Crippen LogP contribution < -0.4 is 15.4 Å². The summed E-state index contributed by atoms with van der Waals surface area (Å²) in [5.41, 5.74) is 1.58. The van der Waals surface area contributed by atoms with Gasteiger partial charge in [-0.05, 0) is 37.7 Å². The topological polar surface area (TPSA) is 76.4 Å². The zero-order valence-corrected chi connectivity index (χ0v) is 18.4. The number of aromatic nitrogens is 3. The highest BCUT2D eigenvalue weighted by Gasteiger charge is 2.32. The first-order chi connectivity index (χ1) is 14.6. The molecule has 1 saturated carbocycles. The van der Waals surface area contributed by atoms with Gasteiger partial charge in [0.05, 0.1) is 12.6 Å². The van der Waals surface area contributed by atoms with Gasteiger partial charge in [-0.15, -0.1) is 10.2 Å². The number of para-hydroxylation sites is 1. The van der Waals surface area contributed by atoms with E-state index in [0.717, 1.165) is 36.3 Å². The molecular weight excluding hydrogens is 376 g/mol. The van der Waals surface area contributed by atoms with Gasteiger partial charge in [0.2, 0.25) is 0 Å². The fourth-order valence-electron chi connectivity index (χ4n) is 4.60. The molecule has 1 atom stereocenters. The van der Waals surface area contributed by atoms with Crippen LogP contribution in [0.15, 0.2) is 29.3 Å². The number of rotatable bonds is 6. The quantitative estimate of drug-likeness (QED) is 0.561. The number of fused-ring (bicyclic) bond motifs is 1. The second-order valence-electron chi connectivity index (χ2n) is 8.67. The van der Waals surface area contributed by atoms with Gasteiger partial charge in [0.15, 0.2) is 11.8 Å². The maximum atomic E-state index is 5.84. The number of hydrogen-bond donors (Lipinski definition) is 2. The SMILES string of the molecule is CCC1(CNC(=NCc2nnc(C)n2C)NC2CCOc3ccccc32)CCCC1. The molecule has 7 heteroatoms. The Bertz CT molecular complexity index is 884. The Labute approximate surface area is 179 Å². The summed E-state index contributed by atoms with van der Waals surface area (Å²) in [5.74, 6) is 3.58. The molecule has 1 aromatic heterocycles.